The number of nitriles is 1. The molecular weight excluding hydrogens is 693 g/mol. The molecule has 2 saturated heterocycles. The maximum atomic E-state index is 16.6. The van der Waals surface area contributed by atoms with Crippen molar-refractivity contribution in [1.29, 1.82) is 5.26 Å². The van der Waals surface area contributed by atoms with E-state index in [1.807, 2.05) is 0 Å². The van der Waals surface area contributed by atoms with E-state index in [1.165, 1.54) is 26.2 Å². The first-order valence-corrected chi connectivity index (χ1v) is 17.0. The standard InChI is InChI=1S/C29H25F5N6O2S.C6H13NO/c1-5-20(41)40-10-9-19(13(40)3)39(6-2)27-15-11-17(29(32,33)34)22(23(31)24(15)37-28(38-27)42-4)14-7-8-18(30)25-21(14)16(12-35)26(36)43-25;1-7-4-3-6(5-7)8-2/h5,7-8,11,13,19H,1,6,9-10,36H2,2-4H3;6H,3-5H2,1-2H3/t13-,19-;/m1./s1. The molecule has 272 valence electrons. The van der Waals surface area contributed by atoms with Crippen LogP contribution in [0.4, 0.5) is 32.8 Å². The van der Waals surface area contributed by atoms with E-state index in [4.69, 9.17) is 15.2 Å². The highest BCUT2D eigenvalue weighted by atomic mass is 32.1. The minimum absolute atomic E-state index is 0.00760. The number of benzene rings is 2. The van der Waals surface area contributed by atoms with Gasteiger partial charge in [0.15, 0.2) is 5.82 Å². The number of thiophene rings is 1. The maximum Gasteiger partial charge on any atom is 0.417 e. The van der Waals surface area contributed by atoms with Gasteiger partial charge in [0.25, 0.3) is 0 Å². The molecule has 2 fully saturated rings. The third-order valence-corrected chi connectivity index (χ3v) is 10.5. The zero-order chi connectivity index (χ0) is 37.4. The Balaban J connectivity index is 0.000000556. The Hall–Kier alpha value is -4.59. The summed E-state index contributed by atoms with van der Waals surface area (Å²) in [7, 11) is 5.15. The highest BCUT2D eigenvalue weighted by molar-refractivity contribution is 7.23. The minimum Gasteiger partial charge on any atom is -0.467 e. The topological polar surface area (TPSA) is 121 Å². The number of fused-ring (bicyclic) bond motifs is 2. The molecule has 51 heavy (non-hydrogen) atoms. The quantitative estimate of drug-likeness (QED) is 0.165. The molecule has 6 rings (SSSR count). The number of hydrogen-bond acceptors (Lipinski definition) is 10. The summed E-state index contributed by atoms with van der Waals surface area (Å²) in [5, 5.41) is 9.12. The van der Waals surface area contributed by atoms with Gasteiger partial charge in [-0.15, -0.1) is 11.3 Å². The molecule has 2 aliphatic heterocycles. The second-order valence-electron chi connectivity index (χ2n) is 12.3. The lowest BCUT2D eigenvalue weighted by atomic mass is 9.92. The molecule has 0 spiro atoms. The van der Waals surface area contributed by atoms with Crippen LogP contribution in [-0.4, -0.2) is 91.3 Å². The van der Waals surface area contributed by atoms with Crippen molar-refractivity contribution in [2.75, 3.05) is 58.1 Å². The number of alkyl halides is 3. The molecule has 2 aliphatic rings. The summed E-state index contributed by atoms with van der Waals surface area (Å²) in [5.74, 6) is -2.46. The summed E-state index contributed by atoms with van der Waals surface area (Å²) in [6, 6.07) is 3.42. The van der Waals surface area contributed by atoms with Crippen molar-refractivity contribution in [2.24, 2.45) is 0 Å². The Morgan fingerprint density at radius 2 is 1.96 bits per heavy atom. The monoisotopic (exact) mass is 731 g/mol. The van der Waals surface area contributed by atoms with Crippen LogP contribution in [0, 0.1) is 23.0 Å². The third kappa shape index (κ3) is 7.02. The van der Waals surface area contributed by atoms with E-state index < -0.39 is 34.5 Å². The van der Waals surface area contributed by atoms with E-state index in [2.05, 4.69) is 28.5 Å². The van der Waals surface area contributed by atoms with Crippen molar-refractivity contribution >= 4 is 49.1 Å². The number of nitrogens with two attached hydrogens (primary N) is 1. The van der Waals surface area contributed by atoms with Crippen molar-refractivity contribution < 1.29 is 36.2 Å². The summed E-state index contributed by atoms with van der Waals surface area (Å²) in [6.45, 7) is 10.0. The van der Waals surface area contributed by atoms with Gasteiger partial charge in [0, 0.05) is 55.7 Å². The molecule has 3 atom stereocenters. The van der Waals surface area contributed by atoms with E-state index in [9.17, 15) is 27.6 Å². The van der Waals surface area contributed by atoms with Gasteiger partial charge in [0.2, 0.25) is 5.91 Å². The molecule has 2 aromatic carbocycles. The highest BCUT2D eigenvalue weighted by Gasteiger charge is 2.41. The zero-order valence-corrected chi connectivity index (χ0v) is 29.6. The molecule has 4 heterocycles. The van der Waals surface area contributed by atoms with E-state index in [0.29, 0.717) is 30.4 Å². The van der Waals surface area contributed by atoms with Crippen molar-refractivity contribution in [3.63, 3.8) is 0 Å². The Morgan fingerprint density at radius 3 is 2.51 bits per heavy atom. The number of anilines is 2. The number of ether oxygens (including phenoxy) is 2. The number of hydrogen-bond donors (Lipinski definition) is 1. The van der Waals surface area contributed by atoms with Gasteiger partial charge in [-0.25, -0.2) is 8.78 Å². The van der Waals surface area contributed by atoms with Gasteiger partial charge >= 0.3 is 12.2 Å². The van der Waals surface area contributed by atoms with Crippen molar-refractivity contribution in [2.45, 2.75) is 51.1 Å². The van der Waals surface area contributed by atoms with Gasteiger partial charge in [-0.2, -0.15) is 28.4 Å². The van der Waals surface area contributed by atoms with Crippen molar-refractivity contribution in [3.8, 4) is 23.2 Å². The second kappa shape index (κ2) is 14.9. The Kier molecular flexibility index (Phi) is 11.0. The van der Waals surface area contributed by atoms with Gasteiger partial charge in [-0.1, -0.05) is 12.6 Å². The second-order valence-corrected chi connectivity index (χ2v) is 13.4. The minimum atomic E-state index is -5.08. The van der Waals surface area contributed by atoms with Crippen LogP contribution in [0.3, 0.4) is 0 Å². The molecular formula is C35H38F5N7O3S. The summed E-state index contributed by atoms with van der Waals surface area (Å²) >= 11 is 0.685. The van der Waals surface area contributed by atoms with Gasteiger partial charge in [0.05, 0.1) is 35.1 Å². The molecule has 1 amide bonds. The first-order valence-electron chi connectivity index (χ1n) is 16.2. The summed E-state index contributed by atoms with van der Waals surface area (Å²) in [5.41, 5.74) is 2.53. The van der Waals surface area contributed by atoms with Gasteiger partial charge < -0.3 is 29.9 Å². The zero-order valence-electron chi connectivity index (χ0n) is 28.8. The fourth-order valence-electron chi connectivity index (χ4n) is 6.89. The van der Waals surface area contributed by atoms with Crippen LogP contribution in [0.2, 0.25) is 0 Å². The van der Waals surface area contributed by atoms with Crippen molar-refractivity contribution in [1.82, 2.24) is 19.8 Å². The number of carbonyl (C=O) groups excluding carboxylic acids is 1. The Bertz CT molecular complexity index is 2010. The lowest BCUT2D eigenvalue weighted by Crippen LogP contribution is -2.45. The lowest BCUT2D eigenvalue weighted by Gasteiger charge is -2.34. The maximum absolute atomic E-state index is 16.6. The van der Waals surface area contributed by atoms with Crippen LogP contribution in [-0.2, 0) is 15.7 Å². The average molecular weight is 732 g/mol. The molecule has 0 bridgehead atoms. The molecule has 0 radical (unpaired) electrons. The smallest absolute Gasteiger partial charge is 0.417 e. The molecule has 1 unspecified atom stereocenters. The summed E-state index contributed by atoms with van der Waals surface area (Å²) in [4.78, 5) is 26.4. The van der Waals surface area contributed by atoms with Crippen LogP contribution >= 0.6 is 11.3 Å². The number of aromatic nitrogens is 2. The number of likely N-dealkylation sites (N-methyl/N-ethyl adjacent to an activating group) is 2. The van der Waals surface area contributed by atoms with Crippen LogP contribution in [0.25, 0.3) is 32.1 Å². The average Bonchev–Trinajstić information content (AvgIpc) is 3.81. The van der Waals surface area contributed by atoms with Crippen molar-refractivity contribution in [3.05, 3.63) is 53.6 Å². The normalized spacial score (nSPS) is 19.2. The molecule has 2 aromatic heterocycles. The van der Waals surface area contributed by atoms with E-state index in [-0.39, 0.29) is 68.0 Å². The predicted octanol–water partition coefficient (Wildman–Crippen LogP) is 6.61. The van der Waals surface area contributed by atoms with Crippen LogP contribution in [0.5, 0.6) is 6.01 Å². The number of carbonyl (C=O) groups is 1. The van der Waals surface area contributed by atoms with Gasteiger partial charge in [-0.3, -0.25) is 4.79 Å². The van der Waals surface area contributed by atoms with E-state index >= 15 is 4.39 Å². The molecule has 0 aliphatic carbocycles. The highest BCUT2D eigenvalue weighted by Crippen LogP contribution is 2.48. The fourth-order valence-corrected chi connectivity index (χ4v) is 7.84. The molecule has 0 saturated carbocycles. The largest absolute Gasteiger partial charge is 0.467 e. The van der Waals surface area contributed by atoms with E-state index in [0.717, 1.165) is 24.7 Å². The van der Waals surface area contributed by atoms with Gasteiger partial charge in [0.1, 0.15) is 28.2 Å². The summed E-state index contributed by atoms with van der Waals surface area (Å²) < 4.78 is 85.8. The number of halogens is 5. The first kappa shape index (κ1) is 37.7. The molecule has 2 N–H and O–H groups in total. The number of likely N-dealkylation sites (tertiary alicyclic amines) is 2. The molecule has 16 heteroatoms. The lowest BCUT2D eigenvalue weighted by molar-refractivity contribution is -0.137. The number of methoxy groups -OCH3 is 2. The SMILES string of the molecule is C=CC(=O)N1CC[C@@H](N(CC)c2nc(OC)nc3c(F)c(-c4ccc(F)c5sc(N)c(C#N)c45)c(C(F)(F)F)cc23)[C@H]1C.COC1CCN(C)C1. The Morgan fingerprint density at radius 1 is 1.24 bits per heavy atom. The fraction of sp³-hybridized carbons (Fsp3) is 0.429. The van der Waals surface area contributed by atoms with E-state index in [1.54, 1.807) is 36.8 Å². The molecule has 10 nitrogen and oxygen atoms in total. The van der Waals surface area contributed by atoms with Gasteiger partial charge in [-0.05, 0) is 57.5 Å². The first-order chi connectivity index (χ1) is 24.2. The third-order valence-electron chi connectivity index (χ3n) is 9.44. The van der Waals surface area contributed by atoms with Crippen LogP contribution < -0.4 is 15.4 Å². The molecule has 4 aromatic rings. The van der Waals surface area contributed by atoms with Crippen LogP contribution in [0.15, 0.2) is 30.9 Å². The van der Waals surface area contributed by atoms with Crippen LogP contribution in [0.1, 0.15) is 37.8 Å². The Labute approximate surface area is 295 Å². The summed E-state index contributed by atoms with van der Waals surface area (Å²) in [6.07, 6.45) is -1.72. The number of rotatable bonds is 7. The predicted molar refractivity (Wildman–Crippen MR) is 187 cm³/mol. The number of nitrogen functional groups attached to an aromatic ring is 1. The number of amides is 1. The number of nitrogens with zero attached hydrogens (tertiary/aromatic N) is 6.